The highest BCUT2D eigenvalue weighted by Gasteiger charge is 2.35. The summed E-state index contributed by atoms with van der Waals surface area (Å²) in [6.45, 7) is 4.98. The molecule has 0 radical (unpaired) electrons. The van der Waals surface area contributed by atoms with Gasteiger partial charge in [0.05, 0.1) is 13.2 Å². The summed E-state index contributed by atoms with van der Waals surface area (Å²) in [5.41, 5.74) is 7.50. The molecule has 2 rings (SSSR count). The highest BCUT2D eigenvalue weighted by molar-refractivity contribution is 5.36. The van der Waals surface area contributed by atoms with Crippen molar-refractivity contribution in [2.75, 3.05) is 13.2 Å². The second-order valence-electron chi connectivity index (χ2n) is 4.55. The fourth-order valence-electron chi connectivity index (χ4n) is 2.16. The number of nitrogens with one attached hydrogen (secondary N) is 2. The first-order chi connectivity index (χ1) is 10.3. The Morgan fingerprint density at radius 3 is 1.43 bits per heavy atom. The molecule has 4 nitrogen and oxygen atoms in total. The fourth-order valence-corrected chi connectivity index (χ4v) is 2.16. The molecule has 0 saturated carbocycles. The first-order valence-electron chi connectivity index (χ1n) is 7.22. The zero-order chi connectivity index (χ0) is 15.0. The SMILES string of the molecule is CCONC(NOCC)(c1ccccc1)c1ccccc1. The Kier molecular flexibility index (Phi) is 5.90. The number of hydrogen-bond acceptors (Lipinski definition) is 4. The van der Waals surface area contributed by atoms with Crippen molar-refractivity contribution >= 4 is 0 Å². The summed E-state index contributed by atoms with van der Waals surface area (Å²) in [4.78, 5) is 11.0. The van der Waals surface area contributed by atoms with Crippen LogP contribution in [0.25, 0.3) is 0 Å². The molecular formula is C17H22N2O2. The lowest BCUT2D eigenvalue weighted by molar-refractivity contribution is -0.0947. The van der Waals surface area contributed by atoms with Crippen LogP contribution in [0, 0.1) is 0 Å². The maximum absolute atomic E-state index is 5.51. The van der Waals surface area contributed by atoms with Crippen LogP contribution in [0.15, 0.2) is 60.7 Å². The highest BCUT2D eigenvalue weighted by Crippen LogP contribution is 2.27. The average Bonchev–Trinajstić information content (AvgIpc) is 2.57. The third kappa shape index (κ3) is 3.68. The van der Waals surface area contributed by atoms with Gasteiger partial charge in [0.2, 0.25) is 0 Å². The van der Waals surface area contributed by atoms with Gasteiger partial charge < -0.3 is 0 Å². The van der Waals surface area contributed by atoms with Gasteiger partial charge in [-0.3, -0.25) is 9.68 Å². The van der Waals surface area contributed by atoms with Crippen molar-refractivity contribution in [1.82, 2.24) is 11.0 Å². The van der Waals surface area contributed by atoms with Crippen LogP contribution in [0.4, 0.5) is 0 Å². The molecule has 0 atom stereocenters. The molecule has 0 heterocycles. The molecule has 0 amide bonds. The van der Waals surface area contributed by atoms with Crippen molar-refractivity contribution in [2.45, 2.75) is 19.5 Å². The Morgan fingerprint density at radius 1 is 0.714 bits per heavy atom. The van der Waals surface area contributed by atoms with Gasteiger partial charge in [-0.15, -0.1) is 0 Å². The smallest absolute Gasteiger partial charge is 0.165 e. The summed E-state index contributed by atoms with van der Waals surface area (Å²) in [5, 5.41) is 0. The number of hydroxylamine groups is 2. The Balaban J connectivity index is 2.48. The minimum atomic E-state index is -0.755. The molecule has 0 aliphatic carbocycles. The number of hydrogen-bond donors (Lipinski definition) is 2. The van der Waals surface area contributed by atoms with Crippen LogP contribution in [-0.4, -0.2) is 13.2 Å². The molecule has 21 heavy (non-hydrogen) atoms. The Bertz CT molecular complexity index is 467. The van der Waals surface area contributed by atoms with Crippen LogP contribution in [0.1, 0.15) is 25.0 Å². The van der Waals surface area contributed by atoms with Crippen LogP contribution < -0.4 is 11.0 Å². The van der Waals surface area contributed by atoms with Crippen molar-refractivity contribution in [1.29, 1.82) is 0 Å². The molecule has 112 valence electrons. The summed E-state index contributed by atoms with van der Waals surface area (Å²) in [6.07, 6.45) is 0. The molecule has 0 bridgehead atoms. The van der Waals surface area contributed by atoms with Crippen LogP contribution >= 0.6 is 0 Å². The lowest BCUT2D eigenvalue weighted by Gasteiger charge is -2.35. The Morgan fingerprint density at radius 2 is 1.10 bits per heavy atom. The summed E-state index contributed by atoms with van der Waals surface area (Å²) >= 11 is 0. The van der Waals surface area contributed by atoms with Crippen LogP contribution in [-0.2, 0) is 15.3 Å². The van der Waals surface area contributed by atoms with Gasteiger partial charge in [-0.25, -0.2) is 0 Å². The predicted octanol–water partition coefficient (Wildman–Crippen LogP) is 2.97. The van der Waals surface area contributed by atoms with Crippen LogP contribution in [0.2, 0.25) is 0 Å². The minimum Gasteiger partial charge on any atom is -0.300 e. The standard InChI is InChI=1S/C17H22N2O2/c1-3-20-18-17(19-21-4-2,15-11-7-5-8-12-15)16-13-9-6-10-14-16/h5-14,18-19H,3-4H2,1-2H3. The van der Waals surface area contributed by atoms with Gasteiger partial charge in [0.15, 0.2) is 5.66 Å². The third-order valence-corrected chi connectivity index (χ3v) is 3.15. The van der Waals surface area contributed by atoms with Gasteiger partial charge in [0.25, 0.3) is 0 Å². The lowest BCUT2D eigenvalue weighted by Crippen LogP contribution is -2.54. The van der Waals surface area contributed by atoms with Crippen molar-refractivity contribution in [3.63, 3.8) is 0 Å². The van der Waals surface area contributed by atoms with Crippen LogP contribution in [0.3, 0.4) is 0 Å². The van der Waals surface area contributed by atoms with E-state index in [1.165, 1.54) is 0 Å². The molecule has 0 fully saturated rings. The average molecular weight is 286 g/mol. The van der Waals surface area contributed by atoms with E-state index in [4.69, 9.17) is 9.68 Å². The van der Waals surface area contributed by atoms with E-state index in [-0.39, 0.29) is 0 Å². The summed E-state index contributed by atoms with van der Waals surface area (Å²) in [6, 6.07) is 20.1. The number of benzene rings is 2. The second-order valence-corrected chi connectivity index (χ2v) is 4.55. The molecule has 0 aliphatic heterocycles. The highest BCUT2D eigenvalue weighted by atomic mass is 16.7. The second kappa shape index (κ2) is 7.90. The van der Waals surface area contributed by atoms with Crippen molar-refractivity contribution in [3.8, 4) is 0 Å². The zero-order valence-corrected chi connectivity index (χ0v) is 12.5. The molecular weight excluding hydrogens is 264 g/mol. The van der Waals surface area contributed by atoms with E-state index in [2.05, 4.69) is 11.0 Å². The van der Waals surface area contributed by atoms with Gasteiger partial charge in [0.1, 0.15) is 0 Å². The Labute approximate surface area is 126 Å². The van der Waals surface area contributed by atoms with Crippen LogP contribution in [0.5, 0.6) is 0 Å². The maximum atomic E-state index is 5.51. The van der Waals surface area contributed by atoms with Crippen molar-refractivity contribution in [3.05, 3.63) is 71.8 Å². The topological polar surface area (TPSA) is 42.5 Å². The largest absolute Gasteiger partial charge is 0.300 e. The maximum Gasteiger partial charge on any atom is 0.165 e. The summed E-state index contributed by atoms with van der Waals surface area (Å²) in [7, 11) is 0. The fraction of sp³-hybridized carbons (Fsp3) is 0.294. The van der Waals surface area contributed by atoms with E-state index in [0.29, 0.717) is 13.2 Å². The van der Waals surface area contributed by atoms with E-state index < -0.39 is 5.66 Å². The molecule has 0 aromatic heterocycles. The van der Waals surface area contributed by atoms with E-state index in [1.807, 2.05) is 74.5 Å². The molecule has 2 N–H and O–H groups in total. The normalized spacial score (nSPS) is 11.5. The first-order valence-corrected chi connectivity index (χ1v) is 7.22. The molecule has 0 spiro atoms. The van der Waals surface area contributed by atoms with Gasteiger partial charge in [-0.1, -0.05) is 60.7 Å². The van der Waals surface area contributed by atoms with Gasteiger partial charge >= 0.3 is 0 Å². The van der Waals surface area contributed by atoms with Gasteiger partial charge in [-0.05, 0) is 25.0 Å². The summed E-state index contributed by atoms with van der Waals surface area (Å²) < 4.78 is 0. The Hall–Kier alpha value is -1.72. The van der Waals surface area contributed by atoms with Crippen molar-refractivity contribution < 1.29 is 9.68 Å². The predicted molar refractivity (Wildman–Crippen MR) is 83.2 cm³/mol. The third-order valence-electron chi connectivity index (χ3n) is 3.15. The zero-order valence-electron chi connectivity index (χ0n) is 12.5. The summed E-state index contributed by atoms with van der Waals surface area (Å²) in [5.74, 6) is 0. The minimum absolute atomic E-state index is 0.551. The van der Waals surface area contributed by atoms with E-state index in [1.54, 1.807) is 0 Å². The number of rotatable bonds is 8. The molecule has 0 saturated heterocycles. The molecule has 4 heteroatoms. The first kappa shape index (κ1) is 15.7. The van der Waals surface area contributed by atoms with E-state index >= 15 is 0 Å². The van der Waals surface area contributed by atoms with Gasteiger partial charge in [-0.2, -0.15) is 11.0 Å². The lowest BCUT2D eigenvalue weighted by atomic mass is 9.92. The van der Waals surface area contributed by atoms with E-state index in [9.17, 15) is 0 Å². The molecule has 2 aromatic carbocycles. The quantitative estimate of drug-likeness (QED) is 0.578. The van der Waals surface area contributed by atoms with Gasteiger partial charge in [0, 0.05) is 0 Å². The van der Waals surface area contributed by atoms with Crippen molar-refractivity contribution in [2.24, 2.45) is 0 Å². The molecule has 2 aromatic rings. The van der Waals surface area contributed by atoms with E-state index in [0.717, 1.165) is 11.1 Å². The monoisotopic (exact) mass is 286 g/mol. The molecule has 0 aliphatic rings. The molecule has 0 unspecified atom stereocenters.